The molecule has 0 aromatic rings. The van der Waals surface area contributed by atoms with Crippen LogP contribution in [0.5, 0.6) is 0 Å². The van der Waals surface area contributed by atoms with Crippen LogP contribution >= 0.6 is 24.8 Å². The fourth-order valence-corrected chi connectivity index (χ4v) is 6.31. The molecule has 0 bridgehead atoms. The van der Waals surface area contributed by atoms with Crippen molar-refractivity contribution in [2.24, 2.45) is 11.8 Å². The van der Waals surface area contributed by atoms with Crippen molar-refractivity contribution in [3.05, 3.63) is 43.2 Å². The van der Waals surface area contributed by atoms with E-state index in [9.17, 15) is 0 Å². The van der Waals surface area contributed by atoms with Crippen LogP contribution in [-0.4, -0.2) is 0 Å². The van der Waals surface area contributed by atoms with Gasteiger partial charge in [0.25, 0.3) is 0 Å². The average molecular weight is 391 g/mol. The largest absolute Gasteiger partial charge is 0.147 e. The Labute approximate surface area is 164 Å². The van der Waals surface area contributed by atoms with Crippen LogP contribution in [0, 0.1) is 11.8 Å². The van der Waals surface area contributed by atoms with E-state index in [1.807, 2.05) is 7.76 Å². The molecule has 3 heteroatoms. The van der Waals surface area contributed by atoms with Crippen LogP contribution in [0.1, 0.15) is 66.2 Å². The number of halogens is 2. The predicted octanol–water partition coefficient (Wildman–Crippen LogP) is 7.21. The van der Waals surface area contributed by atoms with Gasteiger partial charge in [-0.15, -0.1) is 24.8 Å². The van der Waals surface area contributed by atoms with Gasteiger partial charge in [-0.1, -0.05) is 0 Å². The summed E-state index contributed by atoms with van der Waals surface area (Å²) in [7, 11) is 0. The van der Waals surface area contributed by atoms with Gasteiger partial charge < -0.3 is 0 Å². The second-order valence-electron chi connectivity index (χ2n) is 6.59. The summed E-state index contributed by atoms with van der Waals surface area (Å²) in [4.78, 5) is 0. The molecule has 0 aromatic heterocycles. The molecule has 23 heavy (non-hydrogen) atoms. The van der Waals surface area contributed by atoms with Gasteiger partial charge in [-0.3, -0.25) is 0 Å². The van der Waals surface area contributed by atoms with Crippen LogP contribution in [0.15, 0.2) is 43.2 Å². The van der Waals surface area contributed by atoms with E-state index in [0.717, 1.165) is 11.8 Å². The van der Waals surface area contributed by atoms with Crippen LogP contribution in [0.3, 0.4) is 0 Å². The Hall–Kier alpha value is 0.254. The molecule has 0 amide bonds. The third kappa shape index (κ3) is 6.24. The first-order valence-corrected chi connectivity index (χ1v) is 10.3. The summed E-state index contributed by atoms with van der Waals surface area (Å²) >= 11 is -0.0729. The molecule has 0 N–H and O–H groups in total. The van der Waals surface area contributed by atoms with E-state index >= 15 is 0 Å². The van der Waals surface area contributed by atoms with Crippen LogP contribution < -0.4 is 0 Å². The quantitative estimate of drug-likeness (QED) is 0.384. The summed E-state index contributed by atoms with van der Waals surface area (Å²) in [6, 6.07) is 0. The van der Waals surface area contributed by atoms with E-state index in [-0.39, 0.29) is 44.0 Å². The Morgan fingerprint density at radius 2 is 1.22 bits per heavy atom. The van der Waals surface area contributed by atoms with Gasteiger partial charge in [0, 0.05) is 0 Å². The summed E-state index contributed by atoms with van der Waals surface area (Å²) in [6.45, 7) is 9.45. The Morgan fingerprint density at radius 3 is 1.57 bits per heavy atom. The third-order valence-corrected chi connectivity index (χ3v) is 7.22. The monoisotopic (exact) mass is 390 g/mol. The topological polar surface area (TPSA) is 0 Å². The minimum atomic E-state index is -0.0729. The van der Waals surface area contributed by atoms with Crippen LogP contribution in [-0.2, 0) is 19.2 Å². The summed E-state index contributed by atoms with van der Waals surface area (Å²) in [5, 5.41) is 0. The van der Waals surface area contributed by atoms with E-state index < -0.39 is 0 Å². The zero-order valence-corrected chi connectivity index (χ0v) is 18.2. The third-order valence-electron chi connectivity index (χ3n) is 4.74. The second kappa shape index (κ2) is 11.7. The maximum absolute atomic E-state index is 2.43. The number of hydrogen-bond donors (Lipinski definition) is 0. The fraction of sp³-hybridized carbons (Fsp3) is 0.600. The van der Waals surface area contributed by atoms with Gasteiger partial charge in [-0.05, 0) is 0 Å². The van der Waals surface area contributed by atoms with E-state index in [1.165, 1.54) is 38.5 Å². The van der Waals surface area contributed by atoms with Crippen molar-refractivity contribution in [2.45, 2.75) is 66.2 Å². The zero-order chi connectivity index (χ0) is 15.2. The van der Waals surface area contributed by atoms with E-state index in [0.29, 0.717) is 0 Å². The first-order chi connectivity index (χ1) is 10.2. The molecule has 0 saturated carbocycles. The smallest absolute Gasteiger partial charge is 0.147 e. The summed E-state index contributed by atoms with van der Waals surface area (Å²) in [5.41, 5.74) is 3.39. The maximum Gasteiger partial charge on any atom is -0.147 e. The number of hydrogen-bond acceptors (Lipinski definition) is 0. The Morgan fingerprint density at radius 1 is 0.826 bits per heavy atom. The molecule has 0 saturated heterocycles. The molecule has 0 aliphatic heterocycles. The Bertz CT molecular complexity index is 442. The van der Waals surface area contributed by atoms with Crippen LogP contribution in [0.25, 0.3) is 0 Å². The normalized spacial score (nSPS) is 18.8. The molecule has 0 aromatic carbocycles. The molecule has 2 aliphatic carbocycles. The SMILES string of the molecule is CCCC(C)C1=[C]([Ti][C]2=C(C(C)CCC)C=CC2)CC=C1.Cl.Cl. The van der Waals surface area contributed by atoms with Gasteiger partial charge in [0.15, 0.2) is 0 Å². The predicted molar refractivity (Wildman–Crippen MR) is 104 cm³/mol. The standard InChI is InChI=1S/2C10H15.2ClH.Ti/c2*1-3-6-9(2)10-7-4-5-8-10;;;/h2*4,7,9H,3,5-6H2,1-2H3;2*1H;. The summed E-state index contributed by atoms with van der Waals surface area (Å²) in [5.74, 6) is 1.53. The number of allylic oxidation sites excluding steroid dienone is 8. The van der Waals surface area contributed by atoms with Gasteiger partial charge in [0.05, 0.1) is 0 Å². The molecule has 2 rings (SSSR count). The van der Waals surface area contributed by atoms with Crippen molar-refractivity contribution in [1.29, 1.82) is 0 Å². The first-order valence-electron chi connectivity index (χ1n) is 8.73. The van der Waals surface area contributed by atoms with E-state index in [4.69, 9.17) is 0 Å². The molecular formula is C20H32Cl2Ti. The van der Waals surface area contributed by atoms with E-state index in [2.05, 4.69) is 52.0 Å². The minimum Gasteiger partial charge on any atom is -0.147 e. The second-order valence-corrected chi connectivity index (χ2v) is 8.86. The molecule has 2 unspecified atom stereocenters. The summed E-state index contributed by atoms with van der Waals surface area (Å²) in [6.07, 6.45) is 17.4. The van der Waals surface area contributed by atoms with Crippen LogP contribution in [0.4, 0.5) is 0 Å². The zero-order valence-electron chi connectivity index (χ0n) is 15.0. The molecule has 2 atom stereocenters. The van der Waals surface area contributed by atoms with Gasteiger partial charge in [0.2, 0.25) is 0 Å². The van der Waals surface area contributed by atoms with Crippen molar-refractivity contribution < 1.29 is 19.2 Å². The first kappa shape index (κ1) is 23.3. The van der Waals surface area contributed by atoms with Gasteiger partial charge >= 0.3 is 140 Å². The molecular weight excluding hydrogens is 359 g/mol. The Kier molecular flexibility index (Phi) is 11.9. The van der Waals surface area contributed by atoms with Crippen molar-refractivity contribution in [1.82, 2.24) is 0 Å². The van der Waals surface area contributed by atoms with Crippen molar-refractivity contribution >= 4 is 24.8 Å². The molecule has 0 fully saturated rings. The number of rotatable bonds is 8. The maximum atomic E-state index is 2.43. The van der Waals surface area contributed by atoms with Crippen molar-refractivity contribution in [3.63, 3.8) is 0 Å². The van der Waals surface area contributed by atoms with Gasteiger partial charge in [-0.2, -0.15) is 0 Å². The molecule has 0 radical (unpaired) electrons. The van der Waals surface area contributed by atoms with Crippen LogP contribution in [0.2, 0.25) is 0 Å². The minimum absolute atomic E-state index is 0. The van der Waals surface area contributed by atoms with Gasteiger partial charge in [-0.25, -0.2) is 0 Å². The molecule has 0 nitrogen and oxygen atoms in total. The summed E-state index contributed by atoms with van der Waals surface area (Å²) < 4.78 is 3.63. The average Bonchev–Trinajstić information content (AvgIpc) is 3.09. The van der Waals surface area contributed by atoms with E-state index in [1.54, 1.807) is 11.1 Å². The van der Waals surface area contributed by atoms with Crippen molar-refractivity contribution in [2.75, 3.05) is 0 Å². The fourth-order valence-electron chi connectivity index (χ4n) is 3.57. The molecule has 0 spiro atoms. The Balaban J connectivity index is 0.00000242. The van der Waals surface area contributed by atoms with Crippen molar-refractivity contribution in [3.8, 4) is 0 Å². The molecule has 0 heterocycles. The molecule has 2 aliphatic rings. The molecule has 130 valence electrons. The van der Waals surface area contributed by atoms with Gasteiger partial charge in [0.1, 0.15) is 0 Å².